The molecule has 26 heteroatoms. The number of carbonyl (C=O) groups excluding carboxylic acids is 13. The molecule has 582 valence electrons. The Hall–Kier alpha value is -7.58. The molecule has 4 aliphatic rings. The van der Waals surface area contributed by atoms with Crippen LogP contribution in [-0.2, 0) is 68.7 Å². The fraction of sp³-hybridized carbons (Fsp3) is 0.627. The highest BCUT2D eigenvalue weighted by Crippen LogP contribution is 2.21. The summed E-state index contributed by atoms with van der Waals surface area (Å²) in [6.07, 6.45) is 13.6. The van der Waals surface area contributed by atoms with E-state index in [1.807, 2.05) is 69.4 Å². The minimum atomic E-state index is -0.197. The highest BCUT2D eigenvalue weighted by Gasteiger charge is 2.29. The number of allylic oxidation sites excluding steroid dienone is 4. The number of amides is 3. The lowest BCUT2D eigenvalue weighted by Crippen LogP contribution is -2.27. The molecule has 1 aromatic carbocycles. The van der Waals surface area contributed by atoms with Gasteiger partial charge in [0.25, 0.3) is 0 Å². The Balaban J connectivity index is -0.0000000969. The van der Waals surface area contributed by atoms with Crippen LogP contribution >= 0.6 is 36.7 Å². The first-order valence-electron chi connectivity index (χ1n) is 34.7. The van der Waals surface area contributed by atoms with Crippen molar-refractivity contribution in [3.05, 3.63) is 53.1 Å². The summed E-state index contributed by atoms with van der Waals surface area (Å²) in [5.74, 6) is 1.13. The zero-order chi connectivity index (χ0) is 81.5. The second-order valence-electron chi connectivity index (χ2n) is 21.5. The molecule has 2 fully saturated rings. The summed E-state index contributed by atoms with van der Waals surface area (Å²) in [6.45, 7) is 47.0. The van der Waals surface area contributed by atoms with E-state index >= 15 is 0 Å². The van der Waals surface area contributed by atoms with Gasteiger partial charge < -0.3 is 53.0 Å². The van der Waals surface area contributed by atoms with Crippen LogP contribution in [0, 0.1) is 5.92 Å². The Morgan fingerprint density at radius 1 is 0.554 bits per heavy atom. The van der Waals surface area contributed by atoms with Crippen LogP contribution in [0.2, 0.25) is 0 Å². The second kappa shape index (κ2) is 88.5. The van der Waals surface area contributed by atoms with Gasteiger partial charge in [0.2, 0.25) is 17.7 Å². The van der Waals surface area contributed by atoms with Crippen molar-refractivity contribution in [2.24, 2.45) is 27.4 Å². The number of benzene rings is 1. The van der Waals surface area contributed by atoms with Crippen LogP contribution in [0.4, 0.5) is 5.69 Å². The molecule has 3 aliphatic carbocycles. The first kappa shape index (κ1) is 117. The maximum Gasteiger partial charge on any atom is 0.228 e. The minimum absolute atomic E-state index is 0.00231. The summed E-state index contributed by atoms with van der Waals surface area (Å²) in [4.78, 5) is 144. The molecular formula is C75H136N10O13S3. The van der Waals surface area contributed by atoms with Crippen LogP contribution in [0.15, 0.2) is 57.5 Å². The van der Waals surface area contributed by atoms with Gasteiger partial charge in [-0.15, -0.1) is 0 Å². The van der Waals surface area contributed by atoms with Gasteiger partial charge in [0.05, 0.1) is 64.8 Å². The number of nitrogens with one attached hydrogen (secondary N) is 6. The Morgan fingerprint density at radius 2 is 0.970 bits per heavy atom. The maximum absolute atomic E-state index is 11.0. The average Bonchev–Trinajstić information content (AvgIpc) is 1.82. The van der Waals surface area contributed by atoms with Gasteiger partial charge in [-0.3, -0.25) is 62.7 Å². The van der Waals surface area contributed by atoms with Crippen molar-refractivity contribution in [1.82, 2.24) is 26.6 Å². The van der Waals surface area contributed by atoms with Crippen molar-refractivity contribution in [3.63, 3.8) is 0 Å². The lowest BCUT2D eigenvalue weighted by molar-refractivity contribution is -0.124. The Morgan fingerprint density at radius 3 is 1.12 bits per heavy atom. The standard InChI is InChI=1S/C10H13NS.C9H10O3.C7H10O2.C7H8O2.C6H9NO2.C4H10N2.C4H9NO.C4H9NS.C3H8N2.C3H7NO.C3H7NS.C3H4O2.4C3H8/c1-3-9-4-6-10(7-5-9)11-8(2)12;1-2-7(10)3-6-4-8(11)5-9(6)12;2*1-2-5-3-6(8)4-7(5)9;1-2-4-5(8)3-6(9)7-4;1-3-6-4(2)5;2*1-3-5-4(2)6;1-3(4)5-2;2*1-3(5)4-2;4-2-1-3-5;4*1-3-2/h4-7H,3H2,1-2H3,(H,11,12);4H,2-3,5H2,1H3;5H,2-4H2,1H3;3H,2,4H2,1H3;4H,2-3H2,1H3,(H,7,9);3H2,1-2H3,(H2,5,6);2*3H2,1-2H3,(H,5,6);1-2H3,(H2,4,5);2*1-2H3,(H,4,5);2-3H,1H2;4*3H2,1-2H3. The number of amidine groups is 2. The number of ketones is 8. The van der Waals surface area contributed by atoms with E-state index in [2.05, 4.69) is 153 Å². The van der Waals surface area contributed by atoms with Gasteiger partial charge in [-0.25, -0.2) is 0 Å². The summed E-state index contributed by atoms with van der Waals surface area (Å²) in [7, 11) is 5.07. The highest BCUT2D eigenvalue weighted by atomic mass is 32.1. The molecule has 3 amide bonds. The third kappa shape index (κ3) is 104. The first-order chi connectivity index (χ1) is 47.3. The van der Waals surface area contributed by atoms with Crippen LogP contribution in [0.1, 0.15) is 261 Å². The predicted molar refractivity (Wildman–Crippen MR) is 433 cm³/mol. The monoisotopic (exact) mass is 1480 g/mol. The minimum Gasteiger partial charge on any atom is -0.388 e. The molecule has 1 aromatic rings. The fourth-order valence-corrected chi connectivity index (χ4v) is 6.17. The number of nitrogens with two attached hydrogens (primary N) is 2. The van der Waals surface area contributed by atoms with E-state index in [0.29, 0.717) is 61.1 Å². The van der Waals surface area contributed by atoms with Crippen LogP contribution < -0.4 is 43.4 Å². The maximum atomic E-state index is 11.0. The molecule has 2 atom stereocenters. The summed E-state index contributed by atoms with van der Waals surface area (Å²) >= 11 is 14.2. The van der Waals surface area contributed by atoms with Gasteiger partial charge in [0.15, 0.2) is 28.9 Å². The van der Waals surface area contributed by atoms with Crippen molar-refractivity contribution in [3.8, 4) is 0 Å². The number of hydrogen-bond donors (Lipinski definition) is 8. The number of anilines is 1. The molecule has 1 aliphatic heterocycles. The Kier molecular flexibility index (Phi) is 103. The van der Waals surface area contributed by atoms with Crippen LogP contribution in [0.3, 0.4) is 0 Å². The van der Waals surface area contributed by atoms with E-state index < -0.39 is 0 Å². The summed E-state index contributed by atoms with van der Waals surface area (Å²) in [6, 6.07) is 8.13. The van der Waals surface area contributed by atoms with Crippen molar-refractivity contribution < 1.29 is 62.3 Å². The van der Waals surface area contributed by atoms with Gasteiger partial charge in [0.1, 0.15) is 29.9 Å². The molecule has 0 aromatic heterocycles. The Bertz CT molecular complexity index is 2520. The van der Waals surface area contributed by atoms with Gasteiger partial charge >= 0.3 is 0 Å². The molecule has 2 unspecified atom stereocenters. The van der Waals surface area contributed by atoms with Crippen LogP contribution in [0.25, 0.3) is 0 Å². The number of aldehydes is 2. The molecule has 1 saturated heterocycles. The normalized spacial score (nSPS) is 13.5. The number of hydrogen-bond acceptors (Lipinski definition) is 18. The van der Waals surface area contributed by atoms with E-state index in [-0.39, 0.29) is 114 Å². The molecule has 0 spiro atoms. The zero-order valence-electron chi connectivity index (χ0n) is 66.8. The van der Waals surface area contributed by atoms with Gasteiger partial charge in [0, 0.05) is 91.1 Å². The number of aryl methyl sites for hydroxylation is 1. The average molecular weight is 1480 g/mol. The SMILES string of the molecule is CCC.CCC.CCC.CCC.CCC(=O)CC1=CC(=O)CC1=O.CCC1=CC(=O)CC1=O.CCC1CC(=O)CC1=O.CCC1NC(=O)CC1=O.CCN=C(C)N.CCNC(C)=O.CCNC(C)=S.CCc1ccc(NC(C)=S)cc1.CN=C(C)N.CNC(C)=O.CNC(C)=S.O=CCC=O. The molecule has 0 bridgehead atoms. The largest absolute Gasteiger partial charge is 0.388 e. The Labute approximate surface area is 625 Å². The van der Waals surface area contributed by atoms with Crippen LogP contribution in [-0.4, -0.2) is 150 Å². The molecule has 1 saturated carbocycles. The van der Waals surface area contributed by atoms with E-state index in [1.54, 1.807) is 34.9 Å². The number of nitrogens with zero attached hydrogens (tertiary/aromatic N) is 2. The first-order valence-corrected chi connectivity index (χ1v) is 35.9. The van der Waals surface area contributed by atoms with Gasteiger partial charge in [-0.1, -0.05) is 164 Å². The molecule has 0 radical (unpaired) electrons. The van der Waals surface area contributed by atoms with E-state index in [1.165, 1.54) is 57.2 Å². The number of carbonyl (C=O) groups is 13. The predicted octanol–water partition coefficient (Wildman–Crippen LogP) is 12.7. The van der Waals surface area contributed by atoms with E-state index in [4.69, 9.17) is 23.7 Å². The molecule has 10 N–H and O–H groups in total. The lowest BCUT2D eigenvalue weighted by Gasteiger charge is -2.03. The number of rotatable bonds is 13. The van der Waals surface area contributed by atoms with E-state index in [0.717, 1.165) is 53.1 Å². The molecule has 101 heavy (non-hydrogen) atoms. The third-order valence-electron chi connectivity index (χ3n) is 10.7. The summed E-state index contributed by atoms with van der Waals surface area (Å²) < 4.78 is 0. The topological polar surface area (TPSA) is 371 Å². The quantitative estimate of drug-likeness (QED) is 0.0299. The van der Waals surface area contributed by atoms with E-state index in [9.17, 15) is 62.3 Å². The van der Waals surface area contributed by atoms with Gasteiger partial charge in [-0.2, -0.15) is 0 Å². The molecular weight excluding hydrogens is 1350 g/mol. The number of thiocarbonyl (C=S) groups is 3. The third-order valence-corrected chi connectivity index (χ3v) is 11.1. The smallest absolute Gasteiger partial charge is 0.228 e. The highest BCUT2D eigenvalue weighted by molar-refractivity contribution is 7.80. The van der Waals surface area contributed by atoms with Crippen molar-refractivity contribution in [1.29, 1.82) is 0 Å². The van der Waals surface area contributed by atoms with Gasteiger partial charge in [-0.05, 0) is 116 Å². The van der Waals surface area contributed by atoms with Crippen LogP contribution in [0.5, 0.6) is 0 Å². The summed E-state index contributed by atoms with van der Waals surface area (Å²) in [5.41, 5.74) is 13.7. The molecule has 5 rings (SSSR count). The second-order valence-corrected chi connectivity index (χ2v) is 23.3. The molecule has 23 nitrogen and oxygen atoms in total. The van der Waals surface area contributed by atoms with Crippen molar-refractivity contribution >= 4 is 146 Å². The van der Waals surface area contributed by atoms with Crippen molar-refractivity contribution in [2.75, 3.05) is 46.1 Å². The number of aliphatic imine (C=N–C) groups is 2. The molecule has 1 heterocycles. The zero-order valence-corrected chi connectivity index (χ0v) is 69.2. The summed E-state index contributed by atoms with van der Waals surface area (Å²) in [5, 5.41) is 16.3. The number of Topliss-reactive ketones (excluding diaryl/α,β-unsaturated/α-hetero) is 6. The lowest BCUT2D eigenvalue weighted by atomic mass is 10.1. The fourth-order valence-electron chi connectivity index (χ4n) is 5.90. The van der Waals surface area contributed by atoms with Crippen molar-refractivity contribution in [2.45, 2.75) is 268 Å².